The molecule has 6 heteroatoms. The van der Waals surface area contributed by atoms with Gasteiger partial charge in [0.15, 0.2) is 0 Å². The molecule has 2 aromatic heterocycles. The molecule has 0 fully saturated rings. The van der Waals surface area contributed by atoms with Gasteiger partial charge in [0.1, 0.15) is 0 Å². The van der Waals surface area contributed by atoms with Gasteiger partial charge in [-0.1, -0.05) is 71.4 Å². The normalized spacial score (nSPS) is 14.0. The lowest BCUT2D eigenvalue weighted by molar-refractivity contribution is 0.283. The van der Waals surface area contributed by atoms with Gasteiger partial charge in [0.25, 0.3) is 0 Å². The molecule has 6 rings (SSSR count). The number of nitrogens with one attached hydrogen (secondary N) is 1. The van der Waals surface area contributed by atoms with Crippen molar-refractivity contribution in [1.82, 2.24) is 19.9 Å². The predicted molar refractivity (Wildman–Crippen MR) is 166 cm³/mol. The maximum Gasteiger partial charge on any atom is 0.227 e. The molecule has 0 saturated heterocycles. The van der Waals surface area contributed by atoms with E-state index >= 15 is 0 Å². The molecular weight excluding hydrogens is 558 g/mol. The molecule has 1 unspecified atom stereocenters. The lowest BCUT2D eigenvalue weighted by atomic mass is 9.78. The van der Waals surface area contributed by atoms with E-state index in [-0.39, 0.29) is 5.92 Å². The number of anilines is 2. The zero-order valence-corrected chi connectivity index (χ0v) is 24.2. The first-order valence-electron chi connectivity index (χ1n) is 13.8. The van der Waals surface area contributed by atoms with Crippen molar-refractivity contribution >= 4 is 27.6 Å². The van der Waals surface area contributed by atoms with Gasteiger partial charge in [0.2, 0.25) is 5.95 Å². The Balaban J connectivity index is 1.14. The quantitative estimate of drug-likeness (QED) is 0.190. The molecule has 0 aliphatic heterocycles. The highest BCUT2D eigenvalue weighted by atomic mass is 79.9. The maximum atomic E-state index is 4.99. The number of hydrogen-bond donors (Lipinski definition) is 1. The van der Waals surface area contributed by atoms with Gasteiger partial charge in [0, 0.05) is 53.3 Å². The number of likely N-dealkylation sites (N-methyl/N-ethyl adjacent to an activating group) is 1. The predicted octanol–water partition coefficient (Wildman–Crippen LogP) is 7.80. The van der Waals surface area contributed by atoms with Gasteiger partial charge in [-0.15, -0.1) is 0 Å². The van der Waals surface area contributed by atoms with E-state index in [1.165, 1.54) is 33.4 Å². The second kappa shape index (κ2) is 12.1. The summed E-state index contributed by atoms with van der Waals surface area (Å²) in [5.74, 6) is 0.904. The van der Waals surface area contributed by atoms with Crippen LogP contribution in [0.5, 0.6) is 0 Å². The SMILES string of the molecule is CCN(CCc1ccc(Nc2ncc3c(n2)-c2ccccc2C(c2cccc(Br)c2)C3)cc1)Cc1ccncc1. The lowest BCUT2D eigenvalue weighted by Crippen LogP contribution is -2.25. The highest BCUT2D eigenvalue weighted by Crippen LogP contribution is 2.42. The van der Waals surface area contributed by atoms with E-state index in [9.17, 15) is 0 Å². The fourth-order valence-electron chi connectivity index (χ4n) is 5.48. The summed E-state index contributed by atoms with van der Waals surface area (Å²) < 4.78 is 1.10. The minimum absolute atomic E-state index is 0.282. The minimum Gasteiger partial charge on any atom is -0.324 e. The number of pyridine rings is 1. The second-order valence-electron chi connectivity index (χ2n) is 10.3. The molecule has 1 N–H and O–H groups in total. The average Bonchev–Trinajstić information content (AvgIpc) is 3.00. The first-order valence-corrected chi connectivity index (χ1v) is 14.6. The summed E-state index contributed by atoms with van der Waals surface area (Å²) in [5, 5.41) is 3.43. The number of benzene rings is 3. The van der Waals surface area contributed by atoms with Gasteiger partial charge in [0.05, 0.1) is 5.69 Å². The maximum absolute atomic E-state index is 4.99. The molecule has 0 spiro atoms. The Morgan fingerprint density at radius 3 is 2.55 bits per heavy atom. The Morgan fingerprint density at radius 2 is 1.75 bits per heavy atom. The molecule has 1 aliphatic carbocycles. The minimum atomic E-state index is 0.282. The van der Waals surface area contributed by atoms with Crippen LogP contribution in [0.15, 0.2) is 108 Å². The summed E-state index contributed by atoms with van der Waals surface area (Å²) in [5.41, 5.74) is 9.60. The molecule has 5 nitrogen and oxygen atoms in total. The van der Waals surface area contributed by atoms with Gasteiger partial charge >= 0.3 is 0 Å². The third-order valence-corrected chi connectivity index (χ3v) is 8.15. The molecule has 0 bridgehead atoms. The number of fused-ring (bicyclic) bond motifs is 3. The largest absolute Gasteiger partial charge is 0.324 e. The van der Waals surface area contributed by atoms with Crippen LogP contribution in [0.2, 0.25) is 0 Å². The smallest absolute Gasteiger partial charge is 0.227 e. The number of hydrogen-bond acceptors (Lipinski definition) is 5. The van der Waals surface area contributed by atoms with Gasteiger partial charge < -0.3 is 5.32 Å². The zero-order chi connectivity index (χ0) is 27.3. The molecule has 0 saturated carbocycles. The van der Waals surface area contributed by atoms with Crippen LogP contribution in [0, 0.1) is 0 Å². The van der Waals surface area contributed by atoms with Gasteiger partial charge in [-0.3, -0.25) is 9.88 Å². The molecule has 40 heavy (non-hydrogen) atoms. The van der Waals surface area contributed by atoms with E-state index in [2.05, 4.69) is 123 Å². The fraction of sp³-hybridized carbons (Fsp3) is 0.206. The van der Waals surface area contributed by atoms with Crippen molar-refractivity contribution in [3.63, 3.8) is 0 Å². The Morgan fingerprint density at radius 1 is 0.925 bits per heavy atom. The second-order valence-corrected chi connectivity index (χ2v) is 11.2. The zero-order valence-electron chi connectivity index (χ0n) is 22.6. The van der Waals surface area contributed by atoms with Crippen LogP contribution in [0.25, 0.3) is 11.3 Å². The highest BCUT2D eigenvalue weighted by Gasteiger charge is 2.27. The number of nitrogens with zero attached hydrogens (tertiary/aromatic N) is 4. The molecule has 1 atom stereocenters. The van der Waals surface area contributed by atoms with Crippen molar-refractivity contribution in [3.05, 3.63) is 136 Å². The Bertz CT molecular complexity index is 1590. The van der Waals surface area contributed by atoms with Crippen LogP contribution in [0.4, 0.5) is 11.6 Å². The van der Waals surface area contributed by atoms with Gasteiger partial charge in [-0.2, -0.15) is 0 Å². The molecule has 3 aromatic carbocycles. The third kappa shape index (κ3) is 5.98. The number of rotatable bonds is 9. The summed E-state index contributed by atoms with van der Waals surface area (Å²) in [6.45, 7) is 5.19. The molecule has 1 aliphatic rings. The Hall–Kier alpha value is -3.87. The first-order chi connectivity index (χ1) is 19.7. The van der Waals surface area contributed by atoms with Crippen molar-refractivity contribution in [1.29, 1.82) is 0 Å². The van der Waals surface area contributed by atoms with Crippen LogP contribution in [0.1, 0.15) is 40.7 Å². The van der Waals surface area contributed by atoms with Crippen LogP contribution < -0.4 is 5.32 Å². The third-order valence-electron chi connectivity index (χ3n) is 7.66. The summed E-state index contributed by atoms with van der Waals surface area (Å²) in [7, 11) is 0. The van der Waals surface area contributed by atoms with Crippen LogP contribution >= 0.6 is 15.9 Å². The van der Waals surface area contributed by atoms with Crippen molar-refractivity contribution in [2.24, 2.45) is 0 Å². The summed E-state index contributed by atoms with van der Waals surface area (Å²) in [6, 6.07) is 30.0. The van der Waals surface area contributed by atoms with Gasteiger partial charge in [-0.25, -0.2) is 9.97 Å². The Kier molecular flexibility index (Phi) is 7.98. The van der Waals surface area contributed by atoms with E-state index < -0.39 is 0 Å². The molecule has 0 radical (unpaired) electrons. The summed E-state index contributed by atoms with van der Waals surface area (Å²) in [4.78, 5) is 16.3. The van der Waals surface area contributed by atoms with E-state index in [0.29, 0.717) is 5.95 Å². The number of halogens is 1. The van der Waals surface area contributed by atoms with Gasteiger partial charge in [-0.05, 0) is 83.6 Å². The van der Waals surface area contributed by atoms with Crippen LogP contribution in [-0.2, 0) is 19.4 Å². The van der Waals surface area contributed by atoms with E-state index in [1.807, 2.05) is 18.6 Å². The molecule has 0 amide bonds. The Labute approximate surface area is 244 Å². The molecule has 2 heterocycles. The van der Waals surface area contributed by atoms with Crippen molar-refractivity contribution in [2.45, 2.75) is 32.2 Å². The van der Waals surface area contributed by atoms with Crippen molar-refractivity contribution < 1.29 is 0 Å². The van der Waals surface area contributed by atoms with Crippen LogP contribution in [0.3, 0.4) is 0 Å². The molecule has 5 aromatic rings. The fourth-order valence-corrected chi connectivity index (χ4v) is 5.90. The monoisotopic (exact) mass is 589 g/mol. The van der Waals surface area contributed by atoms with E-state index in [1.54, 1.807) is 0 Å². The van der Waals surface area contributed by atoms with Crippen molar-refractivity contribution in [2.75, 3.05) is 18.4 Å². The van der Waals surface area contributed by atoms with E-state index in [0.717, 1.165) is 48.3 Å². The summed E-state index contributed by atoms with van der Waals surface area (Å²) in [6.07, 6.45) is 7.60. The molecular formula is C34H32BrN5. The highest BCUT2D eigenvalue weighted by molar-refractivity contribution is 9.10. The molecule has 200 valence electrons. The van der Waals surface area contributed by atoms with E-state index in [4.69, 9.17) is 9.97 Å². The summed E-state index contributed by atoms with van der Waals surface area (Å²) >= 11 is 3.64. The topological polar surface area (TPSA) is 53.9 Å². The average molecular weight is 591 g/mol. The van der Waals surface area contributed by atoms with Crippen molar-refractivity contribution in [3.8, 4) is 11.3 Å². The number of aromatic nitrogens is 3. The first kappa shape index (κ1) is 26.4. The standard InChI is InChI=1S/C34H32BrN5/c1-2-40(23-25-14-17-36-18-15-25)19-16-24-10-12-29(13-11-24)38-34-37-22-27-21-32(26-6-5-7-28(35)20-26)30-8-3-4-9-31(30)33(27)39-34/h3-15,17-18,20,22,32H,2,16,19,21,23H2,1H3,(H,37,38,39). The lowest BCUT2D eigenvalue weighted by Gasteiger charge is -2.27. The van der Waals surface area contributed by atoms with Crippen LogP contribution in [-0.4, -0.2) is 32.9 Å².